The van der Waals surface area contributed by atoms with Gasteiger partial charge in [-0.25, -0.2) is 0 Å². The monoisotopic (exact) mass is 215 g/mol. The molecule has 7 heteroatoms. The van der Waals surface area contributed by atoms with Crippen molar-refractivity contribution in [3.05, 3.63) is 24.3 Å². The average molecular weight is 215 g/mol. The van der Waals surface area contributed by atoms with E-state index in [-0.39, 0.29) is 0 Å². The van der Waals surface area contributed by atoms with Crippen LogP contribution in [0.4, 0.5) is 11.4 Å². The van der Waals surface area contributed by atoms with Crippen LogP contribution in [0.15, 0.2) is 24.3 Å². The number of rotatable bonds is 1. The molecule has 0 fully saturated rings. The van der Waals surface area contributed by atoms with E-state index in [2.05, 4.69) is 10.6 Å². The first-order chi connectivity index (χ1) is 6.42. The number of nitrogens with one attached hydrogen (secondary N) is 2. The van der Waals surface area contributed by atoms with Gasteiger partial charge in [0.15, 0.2) is 0 Å². The van der Waals surface area contributed by atoms with Gasteiger partial charge in [0.25, 0.3) is 5.12 Å². The molecule has 0 aromatic heterocycles. The van der Waals surface area contributed by atoms with E-state index in [1.54, 1.807) is 24.3 Å². The van der Waals surface area contributed by atoms with Crippen molar-refractivity contribution in [1.29, 1.82) is 0 Å². The Bertz CT molecular complexity index is 446. The van der Waals surface area contributed by atoms with Crippen molar-refractivity contribution < 1.29 is 13.0 Å². The molecule has 0 saturated heterocycles. The summed E-state index contributed by atoms with van der Waals surface area (Å²) < 4.78 is 30.7. The molecule has 76 valence electrons. The molecular weight excluding hydrogens is 206 g/mol. The van der Waals surface area contributed by atoms with Crippen molar-refractivity contribution in [2.45, 2.75) is 5.12 Å². The van der Waals surface area contributed by atoms with E-state index in [1.807, 2.05) is 0 Å². The third kappa shape index (κ3) is 1.22. The van der Waals surface area contributed by atoms with Gasteiger partial charge in [0.1, 0.15) is 0 Å². The van der Waals surface area contributed by atoms with E-state index in [0.29, 0.717) is 11.4 Å². The second kappa shape index (κ2) is 2.59. The van der Waals surface area contributed by atoms with E-state index in [9.17, 15) is 8.42 Å². The normalized spacial score (nSPS) is 18.1. The van der Waals surface area contributed by atoms with E-state index < -0.39 is 15.2 Å². The number of anilines is 2. The van der Waals surface area contributed by atoms with Crippen LogP contribution in [0.1, 0.15) is 0 Å². The van der Waals surface area contributed by atoms with Gasteiger partial charge in [0.05, 0.1) is 11.4 Å². The Kier molecular flexibility index (Phi) is 1.71. The van der Waals surface area contributed by atoms with Gasteiger partial charge in [-0.3, -0.25) is 10.3 Å². The second-order valence-corrected chi connectivity index (χ2v) is 4.60. The molecule has 0 bridgehead atoms. The first-order valence-corrected chi connectivity index (χ1v) is 5.28. The highest BCUT2D eigenvalue weighted by Gasteiger charge is 2.43. The molecule has 0 amide bonds. The summed E-state index contributed by atoms with van der Waals surface area (Å²) in [6.07, 6.45) is 0. The fraction of sp³-hybridized carbons (Fsp3) is 0.143. The third-order valence-electron chi connectivity index (χ3n) is 1.97. The topological polar surface area (TPSA) is 104 Å². The SMILES string of the molecule is NC1(S(=O)(=O)O)Nc2ccccc2N1. The summed E-state index contributed by atoms with van der Waals surface area (Å²) in [7, 11) is -4.41. The van der Waals surface area contributed by atoms with E-state index >= 15 is 0 Å². The minimum absolute atomic E-state index is 0.535. The van der Waals surface area contributed by atoms with Gasteiger partial charge >= 0.3 is 10.1 Å². The Hall–Kier alpha value is -1.31. The zero-order chi connectivity index (χ0) is 10.4. The second-order valence-electron chi connectivity index (χ2n) is 3.01. The largest absolute Gasteiger partial charge is 0.334 e. The van der Waals surface area contributed by atoms with Gasteiger partial charge < -0.3 is 10.6 Å². The molecule has 1 aromatic carbocycles. The Morgan fingerprint density at radius 3 is 2.00 bits per heavy atom. The van der Waals surface area contributed by atoms with Crippen molar-refractivity contribution in [1.82, 2.24) is 0 Å². The highest BCUT2D eigenvalue weighted by atomic mass is 32.2. The van der Waals surface area contributed by atoms with E-state index in [0.717, 1.165) is 0 Å². The lowest BCUT2D eigenvalue weighted by Gasteiger charge is -2.21. The minimum atomic E-state index is -4.41. The number of hydrogen-bond acceptors (Lipinski definition) is 5. The molecule has 0 atom stereocenters. The number of para-hydroxylation sites is 2. The lowest BCUT2D eigenvalue weighted by molar-refractivity contribution is 0.453. The van der Waals surface area contributed by atoms with Crippen LogP contribution in [0.2, 0.25) is 0 Å². The predicted octanol–water partition coefficient (Wildman–Crippen LogP) is -0.0182. The molecule has 1 heterocycles. The fourth-order valence-corrected chi connectivity index (χ4v) is 1.74. The van der Waals surface area contributed by atoms with Crippen LogP contribution in [0.25, 0.3) is 0 Å². The summed E-state index contributed by atoms with van der Waals surface area (Å²) in [5.74, 6) is 0. The third-order valence-corrected chi connectivity index (χ3v) is 2.99. The molecular formula is C7H9N3O3S. The molecule has 0 radical (unpaired) electrons. The van der Waals surface area contributed by atoms with Gasteiger partial charge in [-0.2, -0.15) is 8.42 Å². The molecule has 2 rings (SSSR count). The highest BCUT2D eigenvalue weighted by molar-refractivity contribution is 7.87. The molecule has 14 heavy (non-hydrogen) atoms. The average Bonchev–Trinajstić information content (AvgIpc) is 2.40. The van der Waals surface area contributed by atoms with Crippen LogP contribution >= 0.6 is 0 Å². The number of benzene rings is 1. The van der Waals surface area contributed by atoms with Crippen molar-refractivity contribution in [2.75, 3.05) is 10.6 Å². The minimum Gasteiger partial charge on any atom is -0.334 e. The van der Waals surface area contributed by atoms with Gasteiger partial charge in [-0.15, -0.1) is 0 Å². The van der Waals surface area contributed by atoms with Crippen molar-refractivity contribution in [3.63, 3.8) is 0 Å². The quantitative estimate of drug-likeness (QED) is 0.491. The summed E-state index contributed by atoms with van der Waals surface area (Å²) in [5.41, 5.74) is 6.50. The maximum atomic E-state index is 10.9. The Balaban J connectivity index is 2.45. The zero-order valence-corrected chi connectivity index (χ0v) is 7.88. The first-order valence-electron chi connectivity index (χ1n) is 3.84. The summed E-state index contributed by atoms with van der Waals surface area (Å²) in [5, 5.41) is 2.93. The number of fused-ring (bicyclic) bond motifs is 1. The summed E-state index contributed by atoms with van der Waals surface area (Å²) in [6.45, 7) is 0. The van der Waals surface area contributed by atoms with Crippen molar-refractivity contribution in [3.8, 4) is 0 Å². The molecule has 6 nitrogen and oxygen atoms in total. The van der Waals surface area contributed by atoms with Crippen LogP contribution in [-0.2, 0) is 10.1 Å². The number of nitrogens with two attached hydrogens (primary N) is 1. The lowest BCUT2D eigenvalue weighted by atomic mass is 10.3. The van der Waals surface area contributed by atoms with E-state index in [4.69, 9.17) is 10.3 Å². The lowest BCUT2D eigenvalue weighted by Crippen LogP contribution is -2.57. The maximum Gasteiger partial charge on any atom is 0.323 e. The molecule has 5 N–H and O–H groups in total. The molecule has 0 saturated carbocycles. The molecule has 1 aromatic rings. The molecule has 1 aliphatic rings. The highest BCUT2D eigenvalue weighted by Crippen LogP contribution is 2.32. The van der Waals surface area contributed by atoms with E-state index in [1.165, 1.54) is 0 Å². The fourth-order valence-electron chi connectivity index (χ4n) is 1.26. The standard InChI is InChI=1S/C7H9N3O3S/c8-7(14(11,12)13)9-5-3-1-2-4-6(5)10-7/h1-4,9-10H,8H2,(H,11,12,13). The Morgan fingerprint density at radius 1 is 1.21 bits per heavy atom. The van der Waals surface area contributed by atoms with Gasteiger partial charge in [-0.05, 0) is 12.1 Å². The predicted molar refractivity (Wildman–Crippen MR) is 52.2 cm³/mol. The van der Waals surface area contributed by atoms with Crippen molar-refractivity contribution >= 4 is 21.5 Å². The van der Waals surface area contributed by atoms with Gasteiger partial charge in [0.2, 0.25) is 0 Å². The molecule has 0 aliphatic carbocycles. The Labute approximate surface area is 80.9 Å². The van der Waals surface area contributed by atoms with Crippen molar-refractivity contribution in [2.24, 2.45) is 5.73 Å². The summed E-state index contributed by atoms with van der Waals surface area (Å²) >= 11 is 0. The molecule has 0 unspecified atom stereocenters. The molecule has 0 spiro atoms. The smallest absolute Gasteiger partial charge is 0.323 e. The summed E-state index contributed by atoms with van der Waals surface area (Å²) in [6, 6.07) is 6.76. The van der Waals surface area contributed by atoms with Crippen LogP contribution in [0.3, 0.4) is 0 Å². The van der Waals surface area contributed by atoms with Gasteiger partial charge in [0, 0.05) is 0 Å². The molecule has 1 aliphatic heterocycles. The van der Waals surface area contributed by atoms with Gasteiger partial charge in [-0.1, -0.05) is 12.1 Å². The zero-order valence-electron chi connectivity index (χ0n) is 7.06. The van der Waals surface area contributed by atoms with Crippen LogP contribution < -0.4 is 16.4 Å². The first kappa shape index (κ1) is 9.25. The number of hydrogen-bond donors (Lipinski definition) is 4. The van der Waals surface area contributed by atoms with Crippen LogP contribution in [0, 0.1) is 0 Å². The van der Waals surface area contributed by atoms with Crippen LogP contribution in [0.5, 0.6) is 0 Å². The summed E-state index contributed by atoms with van der Waals surface area (Å²) in [4.78, 5) is 0. The Morgan fingerprint density at radius 2 is 1.64 bits per heavy atom. The van der Waals surface area contributed by atoms with Crippen LogP contribution in [-0.4, -0.2) is 18.1 Å². The maximum absolute atomic E-state index is 10.9.